The van der Waals surface area contributed by atoms with Gasteiger partial charge in [-0.2, -0.15) is 0 Å². The quantitative estimate of drug-likeness (QED) is 0.627. The normalized spacial score (nSPS) is 10.7. The van der Waals surface area contributed by atoms with Crippen LogP contribution in [-0.4, -0.2) is 23.1 Å². The molecule has 0 saturated carbocycles. The summed E-state index contributed by atoms with van der Waals surface area (Å²) in [4.78, 5) is 23.4. The molecule has 0 aliphatic heterocycles. The number of hydrogen-bond acceptors (Lipinski definition) is 4. The van der Waals surface area contributed by atoms with E-state index < -0.39 is 5.97 Å². The van der Waals surface area contributed by atoms with E-state index in [1.54, 1.807) is 13.0 Å². The van der Waals surface area contributed by atoms with E-state index in [0.717, 1.165) is 11.2 Å². The first kappa shape index (κ1) is 15.6. The molecule has 21 heavy (non-hydrogen) atoms. The molecule has 1 heterocycles. The Morgan fingerprint density at radius 1 is 1.33 bits per heavy atom. The van der Waals surface area contributed by atoms with Crippen molar-refractivity contribution in [3.63, 3.8) is 0 Å². The number of halogens is 1. The van der Waals surface area contributed by atoms with E-state index in [9.17, 15) is 9.59 Å². The first-order valence-corrected chi connectivity index (χ1v) is 7.30. The Labute approximate surface area is 131 Å². The number of hydrogen-bond donors (Lipinski definition) is 0. The lowest BCUT2D eigenvalue weighted by molar-refractivity contribution is -0.131. The second-order valence-electron chi connectivity index (χ2n) is 4.61. The molecule has 0 amide bonds. The second kappa shape index (κ2) is 5.89. The summed E-state index contributed by atoms with van der Waals surface area (Å²) in [6.07, 6.45) is 0. The van der Waals surface area contributed by atoms with E-state index in [2.05, 4.69) is 15.9 Å². The average molecular weight is 354 g/mol. The predicted octanol–water partition coefficient (Wildman–Crippen LogP) is 3.35. The molecule has 0 N–H and O–H groups in total. The number of carbonyl (C=O) groups is 2. The Balaban J connectivity index is 2.75. The zero-order valence-corrected chi connectivity index (χ0v) is 13.9. The molecule has 6 heteroatoms. The van der Waals surface area contributed by atoms with Gasteiger partial charge in [0.25, 0.3) is 0 Å². The molecule has 0 saturated heterocycles. The molecule has 1 aromatic heterocycles. The number of aryl methyl sites for hydroxylation is 1. The van der Waals surface area contributed by atoms with Gasteiger partial charge in [-0.25, -0.2) is 4.79 Å². The molecule has 0 spiro atoms. The molecule has 0 radical (unpaired) electrons. The average Bonchev–Trinajstić information content (AvgIpc) is 2.66. The monoisotopic (exact) mass is 353 g/mol. The number of benzene rings is 1. The van der Waals surface area contributed by atoms with Crippen LogP contribution in [0.5, 0.6) is 5.75 Å². The highest BCUT2D eigenvalue weighted by Gasteiger charge is 2.23. The largest absolute Gasteiger partial charge is 0.462 e. The van der Waals surface area contributed by atoms with E-state index >= 15 is 0 Å². The van der Waals surface area contributed by atoms with Crippen molar-refractivity contribution in [1.29, 1.82) is 0 Å². The standard InChI is InChI=1S/C15H16BrNO4/c1-5-20-15(19)12-8(2)17(4)10-6-7-11(21-9(3)18)14(16)13(10)12/h6-7H,5H2,1-4H3. The zero-order valence-electron chi connectivity index (χ0n) is 12.3. The van der Waals surface area contributed by atoms with Crippen molar-refractivity contribution >= 4 is 38.8 Å². The third-order valence-corrected chi connectivity index (χ3v) is 4.08. The van der Waals surface area contributed by atoms with Gasteiger partial charge >= 0.3 is 11.9 Å². The minimum Gasteiger partial charge on any atom is -0.462 e. The van der Waals surface area contributed by atoms with Gasteiger partial charge in [-0.3, -0.25) is 4.79 Å². The molecular formula is C15H16BrNO4. The molecule has 5 nitrogen and oxygen atoms in total. The summed E-state index contributed by atoms with van der Waals surface area (Å²) in [5.41, 5.74) is 2.14. The van der Waals surface area contributed by atoms with Gasteiger partial charge in [-0.15, -0.1) is 0 Å². The van der Waals surface area contributed by atoms with Crippen LogP contribution in [0, 0.1) is 6.92 Å². The third kappa shape index (κ3) is 2.68. The maximum absolute atomic E-state index is 12.2. The molecule has 0 fully saturated rings. The Morgan fingerprint density at radius 2 is 2.00 bits per heavy atom. The Hall–Kier alpha value is -1.82. The summed E-state index contributed by atoms with van der Waals surface area (Å²) < 4.78 is 12.8. The Bertz CT molecular complexity index is 733. The van der Waals surface area contributed by atoms with E-state index in [-0.39, 0.29) is 5.97 Å². The van der Waals surface area contributed by atoms with Crippen LogP contribution in [0.2, 0.25) is 0 Å². The number of esters is 2. The van der Waals surface area contributed by atoms with Crippen LogP contribution in [0.15, 0.2) is 16.6 Å². The summed E-state index contributed by atoms with van der Waals surface area (Å²) >= 11 is 3.43. The molecule has 0 unspecified atom stereocenters. The van der Waals surface area contributed by atoms with Crippen LogP contribution in [-0.2, 0) is 16.6 Å². The fraction of sp³-hybridized carbons (Fsp3) is 0.333. The maximum atomic E-state index is 12.2. The molecule has 0 aliphatic rings. The highest BCUT2D eigenvalue weighted by molar-refractivity contribution is 9.10. The van der Waals surface area contributed by atoms with Gasteiger partial charge < -0.3 is 14.0 Å². The van der Waals surface area contributed by atoms with Crippen LogP contribution in [0.4, 0.5) is 0 Å². The third-order valence-electron chi connectivity index (χ3n) is 3.29. The lowest BCUT2D eigenvalue weighted by Crippen LogP contribution is -2.07. The van der Waals surface area contributed by atoms with Gasteiger partial charge in [0.15, 0.2) is 0 Å². The number of rotatable bonds is 3. The van der Waals surface area contributed by atoms with Gasteiger partial charge in [-0.05, 0) is 41.9 Å². The lowest BCUT2D eigenvalue weighted by atomic mass is 10.1. The van der Waals surface area contributed by atoms with Crippen LogP contribution in [0.25, 0.3) is 10.9 Å². The van der Waals surface area contributed by atoms with Gasteiger partial charge in [0.2, 0.25) is 0 Å². The minimum atomic E-state index is -0.416. The number of carbonyl (C=O) groups excluding carboxylic acids is 2. The molecule has 2 aromatic rings. The molecule has 0 aliphatic carbocycles. The topological polar surface area (TPSA) is 57.5 Å². The van der Waals surface area contributed by atoms with Crippen LogP contribution < -0.4 is 4.74 Å². The number of nitrogens with zero attached hydrogens (tertiary/aromatic N) is 1. The maximum Gasteiger partial charge on any atom is 0.340 e. The van der Waals surface area contributed by atoms with Crippen molar-refractivity contribution in [3.05, 3.63) is 27.9 Å². The van der Waals surface area contributed by atoms with Crippen molar-refractivity contribution in [1.82, 2.24) is 4.57 Å². The van der Waals surface area contributed by atoms with Crippen molar-refractivity contribution in [2.24, 2.45) is 7.05 Å². The summed E-state index contributed by atoms with van der Waals surface area (Å²) in [6, 6.07) is 3.51. The van der Waals surface area contributed by atoms with Crippen LogP contribution in [0.3, 0.4) is 0 Å². The molecule has 0 atom stereocenters. The smallest absolute Gasteiger partial charge is 0.340 e. The highest BCUT2D eigenvalue weighted by Crippen LogP contribution is 2.38. The first-order valence-electron chi connectivity index (χ1n) is 6.51. The van der Waals surface area contributed by atoms with Gasteiger partial charge in [0.1, 0.15) is 5.75 Å². The van der Waals surface area contributed by atoms with Crippen molar-refractivity contribution < 1.29 is 19.1 Å². The minimum absolute atomic E-state index is 0.302. The zero-order chi connectivity index (χ0) is 15.7. The fourth-order valence-electron chi connectivity index (χ4n) is 2.28. The number of aromatic nitrogens is 1. The summed E-state index contributed by atoms with van der Waals surface area (Å²) in [5, 5.41) is 0.687. The van der Waals surface area contributed by atoms with E-state index in [1.165, 1.54) is 6.92 Å². The van der Waals surface area contributed by atoms with E-state index in [4.69, 9.17) is 9.47 Å². The molecular weight excluding hydrogens is 338 g/mol. The first-order chi connectivity index (χ1) is 9.88. The van der Waals surface area contributed by atoms with Gasteiger partial charge in [0.05, 0.1) is 22.2 Å². The van der Waals surface area contributed by atoms with Gasteiger partial charge in [-0.1, -0.05) is 0 Å². The second-order valence-corrected chi connectivity index (χ2v) is 5.40. The molecule has 0 bridgehead atoms. The highest BCUT2D eigenvalue weighted by atomic mass is 79.9. The summed E-state index contributed by atoms with van der Waals surface area (Å²) in [5.74, 6) is -0.423. The SMILES string of the molecule is CCOC(=O)c1c(C)n(C)c2ccc(OC(C)=O)c(Br)c12. The lowest BCUT2D eigenvalue weighted by Gasteiger charge is -2.07. The van der Waals surface area contributed by atoms with E-state index in [1.807, 2.05) is 24.6 Å². The summed E-state index contributed by atoms with van der Waals surface area (Å²) in [6.45, 7) is 5.25. The fourth-order valence-corrected chi connectivity index (χ4v) is 2.89. The number of ether oxygens (including phenoxy) is 2. The van der Waals surface area contributed by atoms with Gasteiger partial charge in [0, 0.05) is 25.1 Å². The Kier molecular flexibility index (Phi) is 4.37. The van der Waals surface area contributed by atoms with Crippen LogP contribution >= 0.6 is 15.9 Å². The van der Waals surface area contributed by atoms with E-state index in [0.29, 0.717) is 27.8 Å². The van der Waals surface area contributed by atoms with Crippen molar-refractivity contribution in [2.45, 2.75) is 20.8 Å². The molecule has 1 aromatic carbocycles. The summed E-state index contributed by atoms with van der Waals surface area (Å²) in [7, 11) is 1.87. The van der Waals surface area contributed by atoms with Crippen molar-refractivity contribution in [2.75, 3.05) is 6.61 Å². The van der Waals surface area contributed by atoms with Crippen LogP contribution in [0.1, 0.15) is 29.9 Å². The Morgan fingerprint density at radius 3 is 2.57 bits per heavy atom. The molecule has 112 valence electrons. The predicted molar refractivity (Wildman–Crippen MR) is 82.6 cm³/mol. The van der Waals surface area contributed by atoms with Crippen molar-refractivity contribution in [3.8, 4) is 5.75 Å². The molecule has 2 rings (SSSR count). The number of fused-ring (bicyclic) bond motifs is 1.